The van der Waals surface area contributed by atoms with Crippen molar-refractivity contribution in [2.45, 2.75) is 33.0 Å². The van der Waals surface area contributed by atoms with E-state index in [0.29, 0.717) is 12.2 Å². The quantitative estimate of drug-likeness (QED) is 0.844. The van der Waals surface area contributed by atoms with Crippen LogP contribution in [0.15, 0.2) is 0 Å². The summed E-state index contributed by atoms with van der Waals surface area (Å²) in [6.07, 6.45) is -5.54. The van der Waals surface area contributed by atoms with Crippen LogP contribution in [0.4, 0.5) is 18.9 Å². The van der Waals surface area contributed by atoms with Crippen LogP contribution in [-0.4, -0.2) is 28.5 Å². The van der Waals surface area contributed by atoms with Gasteiger partial charge >= 0.3 is 12.1 Å². The average Bonchev–Trinajstić information content (AvgIpc) is 2.53. The van der Waals surface area contributed by atoms with E-state index in [1.165, 1.54) is 4.68 Å². The molecular formula is C10H14F3N3O2. The van der Waals surface area contributed by atoms with Crippen LogP contribution >= 0.6 is 0 Å². The number of ether oxygens (including phenoxy) is 1. The minimum absolute atomic E-state index is 0.00262. The Kier molecular flexibility index (Phi) is 4.20. The van der Waals surface area contributed by atoms with Gasteiger partial charge in [-0.3, -0.25) is 4.68 Å². The van der Waals surface area contributed by atoms with Gasteiger partial charge in [-0.15, -0.1) is 0 Å². The number of halogens is 3. The van der Waals surface area contributed by atoms with E-state index < -0.39 is 25.2 Å². The van der Waals surface area contributed by atoms with Gasteiger partial charge in [-0.1, -0.05) is 0 Å². The van der Waals surface area contributed by atoms with Gasteiger partial charge in [-0.2, -0.15) is 18.3 Å². The van der Waals surface area contributed by atoms with Gasteiger partial charge in [-0.05, 0) is 13.8 Å². The highest BCUT2D eigenvalue weighted by molar-refractivity contribution is 5.93. The molecule has 18 heavy (non-hydrogen) atoms. The molecule has 1 aromatic rings. The summed E-state index contributed by atoms with van der Waals surface area (Å²) in [5.74, 6) is -0.890. The molecule has 1 aromatic heterocycles. The molecule has 0 saturated carbocycles. The van der Waals surface area contributed by atoms with Crippen molar-refractivity contribution in [3.05, 3.63) is 11.4 Å². The van der Waals surface area contributed by atoms with E-state index >= 15 is 0 Å². The van der Waals surface area contributed by atoms with Crippen molar-refractivity contribution in [1.29, 1.82) is 0 Å². The lowest BCUT2D eigenvalue weighted by Crippen LogP contribution is -2.18. The topological polar surface area (TPSA) is 70.1 Å². The second kappa shape index (κ2) is 5.28. The lowest BCUT2D eigenvalue weighted by molar-refractivity contribution is -0.141. The second-order valence-corrected chi connectivity index (χ2v) is 3.66. The van der Waals surface area contributed by atoms with Crippen molar-refractivity contribution in [3.8, 4) is 0 Å². The van der Waals surface area contributed by atoms with Gasteiger partial charge in [0.15, 0.2) is 5.69 Å². The van der Waals surface area contributed by atoms with Crippen molar-refractivity contribution < 1.29 is 22.7 Å². The van der Waals surface area contributed by atoms with E-state index in [4.69, 9.17) is 5.73 Å². The monoisotopic (exact) mass is 265 g/mol. The molecule has 0 saturated heterocycles. The number of carbonyl (C=O) groups is 1. The minimum atomic E-state index is -4.35. The molecule has 0 aliphatic rings. The molecule has 0 radical (unpaired) electrons. The zero-order valence-corrected chi connectivity index (χ0v) is 10.0. The zero-order chi connectivity index (χ0) is 13.9. The third-order valence-corrected chi connectivity index (χ3v) is 2.29. The number of nitrogens with zero attached hydrogens (tertiary/aromatic N) is 2. The van der Waals surface area contributed by atoms with Crippen LogP contribution in [0.3, 0.4) is 0 Å². The third kappa shape index (κ3) is 3.38. The number of hydrogen-bond acceptors (Lipinski definition) is 4. The summed E-state index contributed by atoms with van der Waals surface area (Å²) in [6.45, 7) is 2.99. The molecule has 5 nitrogen and oxygen atoms in total. The predicted molar refractivity (Wildman–Crippen MR) is 58.0 cm³/mol. The summed E-state index contributed by atoms with van der Waals surface area (Å²) in [4.78, 5) is 11.6. The first-order valence-corrected chi connectivity index (χ1v) is 5.33. The lowest BCUT2D eigenvalue weighted by Gasteiger charge is -2.08. The molecule has 8 heteroatoms. The van der Waals surface area contributed by atoms with Crippen molar-refractivity contribution in [1.82, 2.24) is 9.78 Å². The van der Waals surface area contributed by atoms with Crippen LogP contribution in [-0.2, 0) is 11.3 Å². The molecule has 0 fully saturated rings. The minimum Gasteiger partial charge on any atom is -0.461 e. The number of alkyl halides is 3. The fraction of sp³-hybridized carbons (Fsp3) is 0.600. The predicted octanol–water partition coefficient (Wildman–Crippen LogP) is 1.90. The number of nitrogens with two attached hydrogens (primary N) is 1. The number of hydrogen-bond donors (Lipinski definition) is 1. The van der Waals surface area contributed by atoms with Crippen molar-refractivity contribution in [2.75, 3.05) is 12.3 Å². The van der Waals surface area contributed by atoms with Crippen LogP contribution in [0.2, 0.25) is 0 Å². The van der Waals surface area contributed by atoms with Gasteiger partial charge in [0, 0.05) is 6.54 Å². The van der Waals surface area contributed by atoms with E-state index in [-0.39, 0.29) is 11.4 Å². The molecule has 0 unspecified atom stereocenters. The first kappa shape index (κ1) is 14.3. The van der Waals surface area contributed by atoms with Crippen molar-refractivity contribution in [2.24, 2.45) is 0 Å². The van der Waals surface area contributed by atoms with Crippen LogP contribution in [0.5, 0.6) is 0 Å². The number of aryl methyl sites for hydroxylation is 2. The maximum atomic E-state index is 11.9. The molecule has 0 bridgehead atoms. The molecular weight excluding hydrogens is 251 g/mol. The zero-order valence-electron chi connectivity index (χ0n) is 10.0. The van der Waals surface area contributed by atoms with Crippen LogP contribution in [0.1, 0.15) is 29.5 Å². The SMILES string of the molecule is CCn1nc(C)c(N)c1C(=O)OCCC(F)(F)F. The lowest BCUT2D eigenvalue weighted by atomic mass is 10.3. The Bertz CT molecular complexity index is 440. The molecule has 0 spiro atoms. The van der Waals surface area contributed by atoms with Crippen molar-refractivity contribution in [3.63, 3.8) is 0 Å². The largest absolute Gasteiger partial charge is 0.461 e. The molecule has 0 amide bonds. The molecule has 1 rings (SSSR count). The maximum Gasteiger partial charge on any atom is 0.392 e. The fourth-order valence-corrected chi connectivity index (χ4v) is 1.37. The molecule has 2 N–H and O–H groups in total. The first-order valence-electron chi connectivity index (χ1n) is 5.33. The highest BCUT2D eigenvalue weighted by Crippen LogP contribution is 2.21. The van der Waals surface area contributed by atoms with E-state index in [9.17, 15) is 18.0 Å². The van der Waals surface area contributed by atoms with Gasteiger partial charge in [0.1, 0.15) is 6.61 Å². The highest BCUT2D eigenvalue weighted by atomic mass is 19.4. The molecule has 0 aromatic carbocycles. The average molecular weight is 265 g/mol. The number of rotatable bonds is 4. The number of esters is 1. The summed E-state index contributed by atoms with van der Waals surface area (Å²) in [5, 5.41) is 3.98. The number of carbonyl (C=O) groups excluding carboxylic acids is 1. The Morgan fingerprint density at radius 3 is 2.61 bits per heavy atom. The smallest absolute Gasteiger partial charge is 0.392 e. The standard InChI is InChI=1S/C10H14F3N3O2/c1-3-16-8(7(14)6(2)15-16)9(17)18-5-4-10(11,12)13/h3-5,14H2,1-2H3. The Morgan fingerprint density at radius 2 is 2.11 bits per heavy atom. The van der Waals surface area contributed by atoms with E-state index in [2.05, 4.69) is 9.84 Å². The summed E-state index contributed by atoms with van der Waals surface area (Å²) in [7, 11) is 0. The number of nitrogen functional groups attached to an aromatic ring is 1. The van der Waals surface area contributed by atoms with Crippen molar-refractivity contribution >= 4 is 11.7 Å². The van der Waals surface area contributed by atoms with Crippen LogP contribution in [0.25, 0.3) is 0 Å². The van der Waals surface area contributed by atoms with Crippen LogP contribution < -0.4 is 5.73 Å². The third-order valence-electron chi connectivity index (χ3n) is 2.29. The van der Waals surface area contributed by atoms with E-state index in [1.54, 1.807) is 13.8 Å². The normalized spacial score (nSPS) is 11.6. The number of anilines is 1. The Balaban J connectivity index is 2.73. The summed E-state index contributed by atoms with van der Waals surface area (Å²) >= 11 is 0. The summed E-state index contributed by atoms with van der Waals surface area (Å²) < 4.78 is 41.6. The van der Waals surface area contributed by atoms with Gasteiger partial charge in [0.25, 0.3) is 0 Å². The van der Waals surface area contributed by atoms with E-state index in [1.807, 2.05) is 0 Å². The molecule has 0 aliphatic heterocycles. The van der Waals surface area contributed by atoms with E-state index in [0.717, 1.165) is 0 Å². The maximum absolute atomic E-state index is 11.9. The molecule has 1 heterocycles. The molecule has 102 valence electrons. The second-order valence-electron chi connectivity index (χ2n) is 3.66. The summed E-state index contributed by atoms with van der Waals surface area (Å²) in [6, 6.07) is 0. The van der Waals surface area contributed by atoms with Gasteiger partial charge < -0.3 is 10.5 Å². The van der Waals surface area contributed by atoms with Crippen LogP contribution in [0, 0.1) is 6.92 Å². The Labute approximate surface area is 102 Å². The first-order chi connectivity index (χ1) is 8.26. The number of aromatic nitrogens is 2. The Hall–Kier alpha value is -1.73. The highest BCUT2D eigenvalue weighted by Gasteiger charge is 2.28. The fourth-order valence-electron chi connectivity index (χ4n) is 1.37. The Morgan fingerprint density at radius 1 is 1.50 bits per heavy atom. The molecule has 0 aliphatic carbocycles. The molecule has 0 atom stereocenters. The van der Waals surface area contributed by atoms with Gasteiger partial charge in [0.05, 0.1) is 17.8 Å². The summed E-state index contributed by atoms with van der Waals surface area (Å²) in [5.41, 5.74) is 6.21. The van der Waals surface area contributed by atoms with Gasteiger partial charge in [0.2, 0.25) is 0 Å². The van der Waals surface area contributed by atoms with Gasteiger partial charge in [-0.25, -0.2) is 4.79 Å².